The summed E-state index contributed by atoms with van der Waals surface area (Å²) < 4.78 is 6.77. The first kappa shape index (κ1) is 22.5. The zero-order valence-electron chi connectivity index (χ0n) is 17.8. The number of carbonyl (C=O) groups is 2. The summed E-state index contributed by atoms with van der Waals surface area (Å²) in [7, 11) is 3.24. The lowest BCUT2D eigenvalue weighted by Gasteiger charge is -2.07. The van der Waals surface area contributed by atoms with E-state index in [0.717, 1.165) is 28.2 Å². The van der Waals surface area contributed by atoms with Gasteiger partial charge in [0.15, 0.2) is 11.0 Å². The Bertz CT molecular complexity index is 1100. The number of carbonyl (C=O) groups excluding carboxylic acids is 2. The largest absolute Gasteiger partial charge is 0.465 e. The van der Waals surface area contributed by atoms with Crippen LogP contribution in [0.4, 0.5) is 5.00 Å². The van der Waals surface area contributed by atoms with Crippen molar-refractivity contribution in [3.63, 3.8) is 0 Å². The van der Waals surface area contributed by atoms with E-state index in [0.29, 0.717) is 15.7 Å². The maximum absolute atomic E-state index is 12.5. The molecule has 0 bridgehead atoms. The fourth-order valence-corrected chi connectivity index (χ4v) is 5.85. The molecule has 0 radical (unpaired) electrons. The normalized spacial score (nSPS) is 11.0. The molecule has 0 aliphatic heterocycles. The van der Waals surface area contributed by atoms with E-state index in [2.05, 4.69) is 34.7 Å². The average Bonchev–Trinajstić information content (AvgIpc) is 3.35. The van der Waals surface area contributed by atoms with Gasteiger partial charge < -0.3 is 14.6 Å². The van der Waals surface area contributed by atoms with Crippen LogP contribution in [0.15, 0.2) is 10.5 Å². The first-order chi connectivity index (χ1) is 14.3. The number of hydrogen-bond donors (Lipinski definition) is 1. The molecule has 0 aliphatic carbocycles. The van der Waals surface area contributed by atoms with E-state index in [9.17, 15) is 9.59 Å². The van der Waals surface area contributed by atoms with Gasteiger partial charge in [0.1, 0.15) is 5.00 Å². The van der Waals surface area contributed by atoms with Crippen LogP contribution < -0.4 is 5.32 Å². The minimum absolute atomic E-state index is 0.159. The first-order valence-corrected chi connectivity index (χ1v) is 12.0. The summed E-state index contributed by atoms with van der Waals surface area (Å²) in [5, 5.41) is 14.7. The van der Waals surface area contributed by atoms with Gasteiger partial charge in [-0.25, -0.2) is 4.79 Å². The smallest absolute Gasteiger partial charge is 0.341 e. The quantitative estimate of drug-likeness (QED) is 0.406. The summed E-state index contributed by atoms with van der Waals surface area (Å²) in [5.41, 5.74) is 3.62. The predicted octanol–water partition coefficient (Wildman–Crippen LogP) is 4.61. The summed E-state index contributed by atoms with van der Waals surface area (Å²) in [6.07, 6.45) is 0.935. The molecule has 0 saturated heterocycles. The number of ether oxygens (including phenoxy) is 1. The van der Waals surface area contributed by atoms with Gasteiger partial charge in [-0.1, -0.05) is 18.7 Å². The van der Waals surface area contributed by atoms with E-state index in [1.54, 1.807) is 11.3 Å². The van der Waals surface area contributed by atoms with E-state index in [4.69, 9.17) is 4.74 Å². The second-order valence-corrected chi connectivity index (χ2v) is 9.97. The standard InChI is InChI=1S/C20H24N4O3S3/c1-7-13-12(4)28-8-14(13)17-22-23-20(24(17)5)29-9-15(25)21-18-16(19(26)27-6)10(2)11(3)30-18/h8H,7,9H2,1-6H3,(H,21,25). The molecule has 0 fully saturated rings. The van der Waals surface area contributed by atoms with Gasteiger partial charge in [-0.3, -0.25) is 4.79 Å². The predicted molar refractivity (Wildman–Crippen MR) is 123 cm³/mol. The van der Waals surface area contributed by atoms with Crippen molar-refractivity contribution in [3.8, 4) is 11.4 Å². The van der Waals surface area contributed by atoms with E-state index < -0.39 is 5.97 Å². The number of nitrogens with one attached hydrogen (secondary N) is 1. The van der Waals surface area contributed by atoms with Crippen molar-refractivity contribution < 1.29 is 14.3 Å². The third-order valence-corrected chi connectivity index (χ3v) is 7.99. The fraction of sp³-hybridized carbons (Fsp3) is 0.400. The maximum atomic E-state index is 12.5. The van der Waals surface area contributed by atoms with Gasteiger partial charge in [-0.2, -0.15) is 0 Å². The Morgan fingerprint density at radius 1 is 1.23 bits per heavy atom. The molecule has 0 saturated carbocycles. The molecule has 7 nitrogen and oxygen atoms in total. The van der Waals surface area contributed by atoms with Crippen LogP contribution in [0.1, 0.15) is 38.2 Å². The van der Waals surface area contributed by atoms with Crippen LogP contribution in [-0.4, -0.2) is 39.5 Å². The molecule has 10 heteroatoms. The molecule has 1 N–H and O–H groups in total. The van der Waals surface area contributed by atoms with Crippen LogP contribution in [0.2, 0.25) is 0 Å². The number of methoxy groups -OCH3 is 1. The van der Waals surface area contributed by atoms with Crippen molar-refractivity contribution in [1.29, 1.82) is 0 Å². The molecular weight excluding hydrogens is 440 g/mol. The van der Waals surface area contributed by atoms with Crippen LogP contribution in [-0.2, 0) is 23.0 Å². The summed E-state index contributed by atoms with van der Waals surface area (Å²) >= 11 is 4.39. The topological polar surface area (TPSA) is 86.1 Å². The molecule has 3 aromatic rings. The highest BCUT2D eigenvalue weighted by Crippen LogP contribution is 2.34. The van der Waals surface area contributed by atoms with Crippen molar-refractivity contribution in [2.75, 3.05) is 18.2 Å². The number of thioether (sulfide) groups is 1. The average molecular weight is 465 g/mol. The van der Waals surface area contributed by atoms with E-state index >= 15 is 0 Å². The highest BCUT2D eigenvalue weighted by molar-refractivity contribution is 7.99. The summed E-state index contributed by atoms with van der Waals surface area (Å²) in [6, 6.07) is 0. The number of nitrogens with zero attached hydrogens (tertiary/aromatic N) is 3. The Hall–Kier alpha value is -2.17. The first-order valence-electron chi connectivity index (χ1n) is 9.36. The summed E-state index contributed by atoms with van der Waals surface area (Å²) in [4.78, 5) is 26.9. The Labute approximate surface area is 187 Å². The van der Waals surface area contributed by atoms with Crippen LogP contribution >= 0.6 is 34.4 Å². The molecule has 1 amide bonds. The van der Waals surface area contributed by atoms with Crippen molar-refractivity contribution in [2.24, 2.45) is 7.05 Å². The van der Waals surface area contributed by atoms with Crippen LogP contribution in [0.25, 0.3) is 11.4 Å². The summed E-state index contributed by atoms with van der Waals surface area (Å²) in [5.74, 6) is 0.301. The number of hydrogen-bond acceptors (Lipinski definition) is 8. The monoisotopic (exact) mass is 464 g/mol. The van der Waals surface area contributed by atoms with E-state index in [1.165, 1.54) is 40.6 Å². The third kappa shape index (κ3) is 4.30. The van der Waals surface area contributed by atoms with Gasteiger partial charge in [0.2, 0.25) is 5.91 Å². The number of amides is 1. The number of esters is 1. The minimum Gasteiger partial charge on any atom is -0.465 e. The number of thiophene rings is 2. The highest BCUT2D eigenvalue weighted by atomic mass is 32.2. The molecule has 0 aromatic carbocycles. The van der Waals surface area contributed by atoms with Gasteiger partial charge in [0.05, 0.1) is 18.4 Å². The zero-order chi connectivity index (χ0) is 22.0. The highest BCUT2D eigenvalue weighted by Gasteiger charge is 2.22. The lowest BCUT2D eigenvalue weighted by molar-refractivity contribution is -0.113. The van der Waals surface area contributed by atoms with E-state index in [-0.39, 0.29) is 11.7 Å². The maximum Gasteiger partial charge on any atom is 0.341 e. The van der Waals surface area contributed by atoms with Gasteiger partial charge in [-0.05, 0) is 38.3 Å². The third-order valence-electron chi connectivity index (χ3n) is 4.89. The molecule has 0 atom stereocenters. The second-order valence-electron chi connectivity index (χ2n) is 6.72. The van der Waals surface area contributed by atoms with Crippen LogP contribution in [0.5, 0.6) is 0 Å². The van der Waals surface area contributed by atoms with Gasteiger partial charge in [0, 0.05) is 27.7 Å². The second kappa shape index (κ2) is 9.32. The molecule has 3 aromatic heterocycles. The van der Waals surface area contributed by atoms with E-state index in [1.807, 2.05) is 25.5 Å². The van der Waals surface area contributed by atoms with Crippen molar-refractivity contribution in [1.82, 2.24) is 14.8 Å². The molecule has 3 rings (SSSR count). The minimum atomic E-state index is -0.449. The SMILES string of the molecule is CCc1c(-c2nnc(SCC(=O)Nc3sc(C)c(C)c3C(=O)OC)n2C)csc1C. The molecule has 3 heterocycles. The van der Waals surface area contributed by atoms with Crippen molar-refractivity contribution in [3.05, 3.63) is 31.8 Å². The van der Waals surface area contributed by atoms with Crippen molar-refractivity contribution in [2.45, 2.75) is 39.3 Å². The Kier molecular flexibility index (Phi) is 6.99. The molecule has 30 heavy (non-hydrogen) atoms. The molecular formula is C20H24N4O3S3. The zero-order valence-corrected chi connectivity index (χ0v) is 20.2. The number of aryl methyl sites for hydroxylation is 2. The number of anilines is 1. The Morgan fingerprint density at radius 3 is 2.63 bits per heavy atom. The van der Waals surface area contributed by atoms with Gasteiger partial charge >= 0.3 is 5.97 Å². The lowest BCUT2D eigenvalue weighted by atomic mass is 10.1. The number of aromatic nitrogens is 3. The Morgan fingerprint density at radius 2 is 1.97 bits per heavy atom. The molecule has 0 spiro atoms. The molecule has 160 valence electrons. The van der Waals surface area contributed by atoms with Crippen molar-refractivity contribution >= 4 is 51.3 Å². The number of rotatable bonds is 7. The van der Waals surface area contributed by atoms with Crippen LogP contribution in [0.3, 0.4) is 0 Å². The Balaban J connectivity index is 1.72. The van der Waals surface area contributed by atoms with Crippen LogP contribution in [0, 0.1) is 20.8 Å². The van der Waals surface area contributed by atoms with Gasteiger partial charge in [0.25, 0.3) is 0 Å². The lowest BCUT2D eigenvalue weighted by Crippen LogP contribution is -2.16. The summed E-state index contributed by atoms with van der Waals surface area (Å²) in [6.45, 7) is 8.00. The molecule has 0 aliphatic rings. The molecule has 0 unspecified atom stereocenters. The fourth-order valence-electron chi connectivity index (χ4n) is 3.14. The van der Waals surface area contributed by atoms with Gasteiger partial charge in [-0.15, -0.1) is 32.9 Å².